The number of esters is 1. The van der Waals surface area contributed by atoms with E-state index < -0.39 is 30.4 Å². The number of hydrogen-bond donors (Lipinski definition) is 1. The van der Waals surface area contributed by atoms with Gasteiger partial charge >= 0.3 is 12.0 Å². The van der Waals surface area contributed by atoms with Crippen LogP contribution in [-0.4, -0.2) is 66.4 Å². The molecule has 8 heteroatoms. The van der Waals surface area contributed by atoms with E-state index in [-0.39, 0.29) is 18.9 Å². The lowest BCUT2D eigenvalue weighted by molar-refractivity contribution is -0.154. The van der Waals surface area contributed by atoms with E-state index >= 15 is 0 Å². The molecule has 0 aliphatic carbocycles. The normalized spacial score (nSPS) is 19.6. The van der Waals surface area contributed by atoms with Crippen LogP contribution in [0.25, 0.3) is 0 Å². The summed E-state index contributed by atoms with van der Waals surface area (Å²) >= 11 is 0. The van der Waals surface area contributed by atoms with Crippen molar-refractivity contribution >= 4 is 23.8 Å². The predicted molar refractivity (Wildman–Crippen MR) is 90.9 cm³/mol. The quantitative estimate of drug-likeness (QED) is 0.731. The van der Waals surface area contributed by atoms with E-state index in [1.165, 1.54) is 0 Å². The Labute approximate surface area is 151 Å². The predicted octanol–water partition coefficient (Wildman–Crippen LogP) is 0.173. The molecule has 1 N–H and O–H groups in total. The van der Waals surface area contributed by atoms with Gasteiger partial charge in [-0.15, -0.1) is 0 Å². The molecule has 0 unspecified atom stereocenters. The molecule has 1 aromatic rings. The van der Waals surface area contributed by atoms with Crippen molar-refractivity contribution in [3.8, 4) is 0 Å². The third-order valence-electron chi connectivity index (χ3n) is 4.56. The minimum Gasteiger partial charge on any atom is -0.455 e. The minimum atomic E-state index is -0.575. The Hall–Kier alpha value is -2.90. The van der Waals surface area contributed by atoms with E-state index in [0.29, 0.717) is 19.6 Å². The third-order valence-corrected chi connectivity index (χ3v) is 4.56. The van der Waals surface area contributed by atoms with Gasteiger partial charge in [0, 0.05) is 32.6 Å². The number of nitrogens with zero attached hydrogens (tertiary/aromatic N) is 2. The Kier molecular flexibility index (Phi) is 5.50. The van der Waals surface area contributed by atoms with Crippen molar-refractivity contribution in [1.82, 2.24) is 15.1 Å². The largest absolute Gasteiger partial charge is 0.455 e. The summed E-state index contributed by atoms with van der Waals surface area (Å²) in [5.41, 5.74) is 1.13. The van der Waals surface area contributed by atoms with Crippen LogP contribution in [0.1, 0.15) is 12.0 Å². The molecule has 3 rings (SSSR count). The molecule has 2 heterocycles. The molecule has 0 saturated carbocycles. The average Bonchev–Trinajstić information content (AvgIpc) is 3.24. The molecule has 2 aliphatic heterocycles. The van der Waals surface area contributed by atoms with Crippen molar-refractivity contribution < 1.29 is 23.9 Å². The first kappa shape index (κ1) is 17.9. The van der Waals surface area contributed by atoms with Gasteiger partial charge in [0.25, 0.3) is 5.91 Å². The fourth-order valence-corrected chi connectivity index (χ4v) is 3.09. The topological polar surface area (TPSA) is 96.0 Å². The lowest BCUT2D eigenvalue weighted by Crippen LogP contribution is -2.38. The van der Waals surface area contributed by atoms with Gasteiger partial charge in [-0.1, -0.05) is 30.3 Å². The Morgan fingerprint density at radius 2 is 1.96 bits per heavy atom. The summed E-state index contributed by atoms with van der Waals surface area (Å²) in [5, 5.41) is 2.51. The monoisotopic (exact) mass is 359 g/mol. The van der Waals surface area contributed by atoms with Gasteiger partial charge in [-0.25, -0.2) is 4.79 Å². The number of nitrogens with one attached hydrogen (secondary N) is 1. The molecule has 1 aromatic carbocycles. The fraction of sp³-hybridized carbons (Fsp3) is 0.444. The second kappa shape index (κ2) is 7.99. The fourth-order valence-electron chi connectivity index (χ4n) is 3.09. The maximum atomic E-state index is 12.1. The SMILES string of the molecule is O=C(OCC(=O)N1CCNC1=O)[C@H]1CC(=O)N(CCc2ccccc2)C1. The number of carbonyl (C=O) groups excluding carboxylic acids is 4. The van der Waals surface area contributed by atoms with Gasteiger partial charge in [-0.05, 0) is 12.0 Å². The summed E-state index contributed by atoms with van der Waals surface area (Å²) in [6, 6.07) is 9.33. The molecule has 138 valence electrons. The van der Waals surface area contributed by atoms with Crippen molar-refractivity contribution in [2.45, 2.75) is 12.8 Å². The first-order chi connectivity index (χ1) is 12.5. The number of benzene rings is 1. The number of ether oxygens (including phenoxy) is 1. The molecule has 1 atom stereocenters. The van der Waals surface area contributed by atoms with Gasteiger partial charge in [0.05, 0.1) is 5.92 Å². The molecule has 2 aliphatic rings. The van der Waals surface area contributed by atoms with Gasteiger partial charge in [0.2, 0.25) is 5.91 Å². The molecule has 0 aromatic heterocycles. The standard InChI is InChI=1S/C18H21N3O5/c22-15-10-14(11-20(15)8-6-13-4-2-1-3-5-13)17(24)26-12-16(23)21-9-7-19-18(21)25/h1-5,14H,6-12H2,(H,19,25)/t14-/m0/s1. The van der Waals surface area contributed by atoms with Gasteiger partial charge in [0.15, 0.2) is 6.61 Å². The van der Waals surface area contributed by atoms with E-state index in [4.69, 9.17) is 4.74 Å². The molecule has 2 saturated heterocycles. The maximum absolute atomic E-state index is 12.1. The van der Waals surface area contributed by atoms with E-state index in [1.807, 2.05) is 30.3 Å². The molecule has 26 heavy (non-hydrogen) atoms. The average molecular weight is 359 g/mol. The van der Waals surface area contributed by atoms with Crippen LogP contribution in [0.4, 0.5) is 4.79 Å². The number of likely N-dealkylation sites (tertiary alicyclic amines) is 1. The second-order valence-corrected chi connectivity index (χ2v) is 6.36. The van der Waals surface area contributed by atoms with Crippen LogP contribution in [-0.2, 0) is 25.5 Å². The highest BCUT2D eigenvalue weighted by Gasteiger charge is 2.36. The van der Waals surface area contributed by atoms with Crippen molar-refractivity contribution in [3.63, 3.8) is 0 Å². The summed E-state index contributed by atoms with van der Waals surface area (Å²) in [4.78, 5) is 50.2. The van der Waals surface area contributed by atoms with E-state index in [1.54, 1.807) is 4.90 Å². The van der Waals surface area contributed by atoms with Crippen LogP contribution in [0.5, 0.6) is 0 Å². The summed E-state index contributed by atoms with van der Waals surface area (Å²) in [6.45, 7) is 1.01. The van der Waals surface area contributed by atoms with Gasteiger partial charge in [-0.3, -0.25) is 19.3 Å². The highest BCUT2D eigenvalue weighted by Crippen LogP contribution is 2.19. The minimum absolute atomic E-state index is 0.0893. The van der Waals surface area contributed by atoms with E-state index in [9.17, 15) is 19.2 Å². The summed E-state index contributed by atoms with van der Waals surface area (Å²) in [6.07, 6.45) is 0.808. The highest BCUT2D eigenvalue weighted by atomic mass is 16.5. The van der Waals surface area contributed by atoms with E-state index in [2.05, 4.69) is 5.32 Å². The summed E-state index contributed by atoms with van der Waals surface area (Å²) < 4.78 is 5.02. The van der Waals surface area contributed by atoms with Crippen LogP contribution < -0.4 is 5.32 Å². The van der Waals surface area contributed by atoms with Gasteiger partial charge < -0.3 is 15.0 Å². The number of carbonyl (C=O) groups is 4. The van der Waals surface area contributed by atoms with Crippen LogP contribution >= 0.6 is 0 Å². The van der Waals surface area contributed by atoms with Crippen LogP contribution in [0, 0.1) is 5.92 Å². The van der Waals surface area contributed by atoms with Crippen LogP contribution in [0.15, 0.2) is 30.3 Å². The van der Waals surface area contributed by atoms with Gasteiger partial charge in [0.1, 0.15) is 0 Å². The molecule has 4 amide bonds. The first-order valence-corrected chi connectivity index (χ1v) is 8.61. The van der Waals surface area contributed by atoms with Gasteiger partial charge in [-0.2, -0.15) is 0 Å². The molecule has 0 radical (unpaired) electrons. The number of urea groups is 1. The molecule has 2 fully saturated rings. The zero-order valence-corrected chi connectivity index (χ0v) is 14.3. The highest BCUT2D eigenvalue weighted by molar-refractivity contribution is 5.97. The summed E-state index contributed by atoms with van der Waals surface area (Å²) in [7, 11) is 0. The Balaban J connectivity index is 1.44. The van der Waals surface area contributed by atoms with Crippen molar-refractivity contribution in [2.75, 3.05) is 32.8 Å². The zero-order chi connectivity index (χ0) is 18.5. The Bertz CT molecular complexity index is 706. The van der Waals surface area contributed by atoms with E-state index in [0.717, 1.165) is 16.9 Å². The smallest absolute Gasteiger partial charge is 0.324 e. The molecule has 0 spiro atoms. The summed E-state index contributed by atoms with van der Waals surface area (Å²) in [5.74, 6) is -1.79. The van der Waals surface area contributed by atoms with Crippen LogP contribution in [0.3, 0.4) is 0 Å². The molecular formula is C18H21N3O5. The molecule has 8 nitrogen and oxygen atoms in total. The third kappa shape index (κ3) is 4.19. The number of imide groups is 1. The second-order valence-electron chi connectivity index (χ2n) is 6.36. The van der Waals surface area contributed by atoms with Crippen molar-refractivity contribution in [1.29, 1.82) is 0 Å². The maximum Gasteiger partial charge on any atom is 0.324 e. The molecular weight excluding hydrogens is 338 g/mol. The zero-order valence-electron chi connectivity index (χ0n) is 14.3. The first-order valence-electron chi connectivity index (χ1n) is 8.61. The van der Waals surface area contributed by atoms with Crippen LogP contribution in [0.2, 0.25) is 0 Å². The Morgan fingerprint density at radius 1 is 1.19 bits per heavy atom. The Morgan fingerprint density at radius 3 is 2.65 bits per heavy atom. The number of hydrogen-bond acceptors (Lipinski definition) is 5. The lowest BCUT2D eigenvalue weighted by Gasteiger charge is -2.16. The lowest BCUT2D eigenvalue weighted by atomic mass is 10.1. The number of rotatable bonds is 6. The van der Waals surface area contributed by atoms with Crippen molar-refractivity contribution in [2.24, 2.45) is 5.92 Å². The molecule has 0 bridgehead atoms. The number of amides is 4. The van der Waals surface area contributed by atoms with Crippen molar-refractivity contribution in [3.05, 3.63) is 35.9 Å².